The van der Waals surface area contributed by atoms with Crippen molar-refractivity contribution in [2.75, 3.05) is 13.1 Å². The van der Waals surface area contributed by atoms with Gasteiger partial charge in [0.05, 0.1) is 11.0 Å². The number of hydrogen-bond donors (Lipinski definition) is 1. The Morgan fingerprint density at radius 1 is 1.26 bits per heavy atom. The predicted octanol–water partition coefficient (Wildman–Crippen LogP) is 3.76. The first-order valence-corrected chi connectivity index (χ1v) is 8.73. The first-order valence-electron chi connectivity index (χ1n) is 8.73. The highest BCUT2D eigenvalue weighted by Crippen LogP contribution is 2.30. The van der Waals surface area contributed by atoms with E-state index >= 15 is 0 Å². The van der Waals surface area contributed by atoms with Gasteiger partial charge in [-0.25, -0.2) is 0 Å². The maximum Gasteiger partial charge on any atom is 0.225 e. The molecule has 4 rings (SSSR count). The summed E-state index contributed by atoms with van der Waals surface area (Å²) in [5.74, 6) is 0.644. The van der Waals surface area contributed by atoms with Crippen LogP contribution < -0.4 is 0 Å². The van der Waals surface area contributed by atoms with Gasteiger partial charge in [-0.05, 0) is 37.0 Å². The first kappa shape index (κ1) is 14.5. The molecule has 1 amide bonds. The van der Waals surface area contributed by atoms with Gasteiger partial charge in [-0.3, -0.25) is 9.78 Å². The zero-order valence-corrected chi connectivity index (χ0v) is 13.4. The Kier molecular flexibility index (Phi) is 3.90. The second-order valence-corrected chi connectivity index (χ2v) is 6.70. The highest BCUT2D eigenvalue weighted by atomic mass is 16.2. The number of H-pyrrole nitrogens is 1. The van der Waals surface area contributed by atoms with Crippen molar-refractivity contribution >= 4 is 22.5 Å². The van der Waals surface area contributed by atoms with E-state index in [-0.39, 0.29) is 5.92 Å². The summed E-state index contributed by atoms with van der Waals surface area (Å²) >= 11 is 0. The lowest BCUT2D eigenvalue weighted by molar-refractivity contribution is -0.136. The normalized spacial score (nSPS) is 19.8. The van der Waals surface area contributed by atoms with Gasteiger partial charge in [0.15, 0.2) is 0 Å². The number of aromatic nitrogens is 2. The average molecular weight is 309 g/mol. The summed E-state index contributed by atoms with van der Waals surface area (Å²) in [5, 5.41) is 0. The standard InChI is InChI=1S/C19H23N3O/c23-19(15-5-2-1-3-6-15)22-11-8-14(9-12-22)16-13-21-17-7-4-10-20-18(16)17/h4,7-8,10,13,15,21H,1-3,5-6,9,11-12H2. The van der Waals surface area contributed by atoms with Gasteiger partial charge in [0, 0.05) is 37.0 Å². The van der Waals surface area contributed by atoms with Crippen LogP contribution in [-0.2, 0) is 4.79 Å². The maximum atomic E-state index is 12.6. The van der Waals surface area contributed by atoms with Gasteiger partial charge >= 0.3 is 0 Å². The van der Waals surface area contributed by atoms with E-state index in [0.717, 1.165) is 43.4 Å². The summed E-state index contributed by atoms with van der Waals surface area (Å²) in [7, 11) is 0. The Labute approximate surface area is 136 Å². The quantitative estimate of drug-likeness (QED) is 0.918. The number of pyridine rings is 1. The third-order valence-corrected chi connectivity index (χ3v) is 5.26. The molecule has 23 heavy (non-hydrogen) atoms. The molecule has 1 saturated carbocycles. The van der Waals surface area contributed by atoms with Crippen LogP contribution in [0.5, 0.6) is 0 Å². The van der Waals surface area contributed by atoms with Crippen molar-refractivity contribution in [3.05, 3.63) is 36.2 Å². The molecule has 0 spiro atoms. The largest absolute Gasteiger partial charge is 0.359 e. The molecule has 0 atom stereocenters. The number of nitrogens with zero attached hydrogens (tertiary/aromatic N) is 2. The molecule has 1 N–H and O–H groups in total. The van der Waals surface area contributed by atoms with E-state index in [4.69, 9.17) is 0 Å². The second-order valence-electron chi connectivity index (χ2n) is 6.70. The van der Waals surface area contributed by atoms with E-state index in [1.54, 1.807) is 0 Å². The first-order chi connectivity index (χ1) is 11.3. The van der Waals surface area contributed by atoms with E-state index in [0.29, 0.717) is 5.91 Å². The van der Waals surface area contributed by atoms with Crippen LogP contribution in [0, 0.1) is 5.92 Å². The second kappa shape index (κ2) is 6.19. The third-order valence-electron chi connectivity index (χ3n) is 5.26. The molecular weight excluding hydrogens is 286 g/mol. The predicted molar refractivity (Wildman–Crippen MR) is 91.8 cm³/mol. The van der Waals surface area contributed by atoms with Crippen molar-refractivity contribution in [2.24, 2.45) is 5.92 Å². The van der Waals surface area contributed by atoms with Gasteiger partial charge in [0.2, 0.25) is 5.91 Å². The van der Waals surface area contributed by atoms with Crippen LogP contribution >= 0.6 is 0 Å². The van der Waals surface area contributed by atoms with Crippen molar-refractivity contribution in [3.63, 3.8) is 0 Å². The number of amides is 1. The van der Waals surface area contributed by atoms with E-state index in [9.17, 15) is 4.79 Å². The molecule has 120 valence electrons. The molecule has 1 fully saturated rings. The minimum absolute atomic E-state index is 0.272. The van der Waals surface area contributed by atoms with Crippen LogP contribution in [0.15, 0.2) is 30.6 Å². The molecule has 2 aromatic heterocycles. The SMILES string of the molecule is O=C(C1CCCCC1)N1CC=C(c2c[nH]c3cccnc23)CC1. The van der Waals surface area contributed by atoms with Crippen LogP contribution in [0.2, 0.25) is 0 Å². The molecule has 1 aliphatic heterocycles. The zero-order valence-electron chi connectivity index (χ0n) is 13.4. The summed E-state index contributed by atoms with van der Waals surface area (Å²) in [4.78, 5) is 22.5. The number of carbonyl (C=O) groups is 1. The maximum absolute atomic E-state index is 12.6. The van der Waals surface area contributed by atoms with E-state index < -0.39 is 0 Å². The molecule has 0 aromatic carbocycles. The third kappa shape index (κ3) is 2.78. The number of nitrogens with one attached hydrogen (secondary N) is 1. The van der Waals surface area contributed by atoms with Crippen molar-refractivity contribution in [2.45, 2.75) is 38.5 Å². The molecule has 0 unspecified atom stereocenters. The van der Waals surface area contributed by atoms with Crippen LogP contribution in [0.4, 0.5) is 0 Å². The van der Waals surface area contributed by atoms with Crippen molar-refractivity contribution in [1.29, 1.82) is 0 Å². The molecule has 0 bridgehead atoms. The lowest BCUT2D eigenvalue weighted by Crippen LogP contribution is -2.39. The molecule has 2 aliphatic rings. The van der Waals surface area contributed by atoms with Gasteiger partial charge in [-0.1, -0.05) is 25.3 Å². The summed E-state index contributed by atoms with van der Waals surface area (Å²) in [6.45, 7) is 1.57. The van der Waals surface area contributed by atoms with Gasteiger partial charge in [0.1, 0.15) is 0 Å². The smallest absolute Gasteiger partial charge is 0.225 e. The number of hydrogen-bond acceptors (Lipinski definition) is 2. The molecule has 0 saturated heterocycles. The molecule has 0 radical (unpaired) electrons. The molecule has 3 heterocycles. The van der Waals surface area contributed by atoms with Gasteiger partial charge < -0.3 is 9.88 Å². The Morgan fingerprint density at radius 3 is 2.91 bits per heavy atom. The number of rotatable bonds is 2. The fourth-order valence-corrected chi connectivity index (χ4v) is 3.92. The van der Waals surface area contributed by atoms with Crippen LogP contribution in [0.25, 0.3) is 16.6 Å². The molecule has 4 heteroatoms. The van der Waals surface area contributed by atoms with E-state index in [1.165, 1.54) is 30.4 Å². The minimum atomic E-state index is 0.272. The van der Waals surface area contributed by atoms with Gasteiger partial charge in [-0.2, -0.15) is 0 Å². The molecule has 1 aliphatic carbocycles. The van der Waals surface area contributed by atoms with E-state index in [1.807, 2.05) is 29.4 Å². The molecular formula is C19H23N3O. The topological polar surface area (TPSA) is 49.0 Å². The van der Waals surface area contributed by atoms with Crippen molar-refractivity contribution in [1.82, 2.24) is 14.9 Å². The highest BCUT2D eigenvalue weighted by Gasteiger charge is 2.27. The minimum Gasteiger partial charge on any atom is -0.359 e. The highest BCUT2D eigenvalue weighted by molar-refractivity contribution is 5.90. The summed E-state index contributed by atoms with van der Waals surface area (Å²) in [6, 6.07) is 4.00. The summed E-state index contributed by atoms with van der Waals surface area (Å²) < 4.78 is 0. The van der Waals surface area contributed by atoms with Crippen LogP contribution in [0.1, 0.15) is 44.1 Å². The lowest BCUT2D eigenvalue weighted by Gasteiger charge is -2.31. The Balaban J connectivity index is 1.49. The van der Waals surface area contributed by atoms with Crippen LogP contribution in [-0.4, -0.2) is 33.9 Å². The summed E-state index contributed by atoms with van der Waals surface area (Å²) in [6.07, 6.45) is 12.9. The Hall–Kier alpha value is -2.10. The lowest BCUT2D eigenvalue weighted by atomic mass is 9.88. The average Bonchev–Trinajstić information content (AvgIpc) is 3.06. The number of carbonyl (C=O) groups excluding carboxylic acids is 1. The Morgan fingerprint density at radius 2 is 2.13 bits per heavy atom. The van der Waals surface area contributed by atoms with Gasteiger partial charge in [0.25, 0.3) is 0 Å². The molecule has 4 nitrogen and oxygen atoms in total. The van der Waals surface area contributed by atoms with Gasteiger partial charge in [-0.15, -0.1) is 0 Å². The Bertz CT molecular complexity index is 740. The fourth-order valence-electron chi connectivity index (χ4n) is 3.92. The van der Waals surface area contributed by atoms with Crippen molar-refractivity contribution < 1.29 is 4.79 Å². The number of aromatic amines is 1. The van der Waals surface area contributed by atoms with Crippen LogP contribution in [0.3, 0.4) is 0 Å². The monoisotopic (exact) mass is 309 g/mol. The summed E-state index contributed by atoms with van der Waals surface area (Å²) in [5.41, 5.74) is 4.60. The number of fused-ring (bicyclic) bond motifs is 1. The van der Waals surface area contributed by atoms with E-state index in [2.05, 4.69) is 16.0 Å². The fraction of sp³-hybridized carbons (Fsp3) is 0.474. The van der Waals surface area contributed by atoms with Crippen molar-refractivity contribution in [3.8, 4) is 0 Å². The zero-order chi connectivity index (χ0) is 15.6. The molecule has 2 aromatic rings.